The predicted octanol–water partition coefficient (Wildman–Crippen LogP) is 3.93. The van der Waals surface area contributed by atoms with Gasteiger partial charge in [-0.15, -0.1) is 0 Å². The Morgan fingerprint density at radius 3 is 2.19 bits per heavy atom. The molecule has 3 nitrogen and oxygen atoms in total. The van der Waals surface area contributed by atoms with E-state index in [1.807, 2.05) is 20.8 Å². The van der Waals surface area contributed by atoms with Crippen molar-refractivity contribution in [2.45, 2.75) is 84.8 Å². The maximum Gasteiger partial charge on any atom is 0.311 e. The SMILES string of the molecule is CCC(C)(C)C(=O)OC1CC2CC1C(C(O)(CC)CC)C2. The van der Waals surface area contributed by atoms with Crippen LogP contribution in [0.4, 0.5) is 0 Å². The third-order valence-corrected chi connectivity index (χ3v) is 6.36. The summed E-state index contributed by atoms with van der Waals surface area (Å²) in [5, 5.41) is 10.9. The van der Waals surface area contributed by atoms with E-state index in [9.17, 15) is 9.90 Å². The number of esters is 1. The molecule has 2 aliphatic carbocycles. The third-order valence-electron chi connectivity index (χ3n) is 6.36. The monoisotopic (exact) mass is 296 g/mol. The second kappa shape index (κ2) is 5.91. The van der Waals surface area contributed by atoms with Crippen LogP contribution in [0.3, 0.4) is 0 Å². The van der Waals surface area contributed by atoms with Crippen LogP contribution in [0.15, 0.2) is 0 Å². The minimum absolute atomic E-state index is 0.0247. The van der Waals surface area contributed by atoms with E-state index in [1.54, 1.807) is 0 Å². The van der Waals surface area contributed by atoms with E-state index in [0.29, 0.717) is 17.8 Å². The van der Waals surface area contributed by atoms with Crippen molar-refractivity contribution < 1.29 is 14.6 Å². The first-order chi connectivity index (χ1) is 9.77. The molecule has 0 amide bonds. The number of hydrogen-bond donors (Lipinski definition) is 1. The molecule has 0 saturated heterocycles. The number of carbonyl (C=O) groups is 1. The lowest BCUT2D eigenvalue weighted by Crippen LogP contribution is -2.45. The summed E-state index contributed by atoms with van der Waals surface area (Å²) >= 11 is 0. The highest BCUT2D eigenvalue weighted by Gasteiger charge is 2.54. The molecule has 122 valence electrons. The average molecular weight is 296 g/mol. The van der Waals surface area contributed by atoms with Crippen molar-refractivity contribution in [3.63, 3.8) is 0 Å². The lowest BCUT2D eigenvalue weighted by atomic mass is 9.72. The van der Waals surface area contributed by atoms with Crippen LogP contribution < -0.4 is 0 Å². The first-order valence-electron chi connectivity index (χ1n) is 8.70. The largest absolute Gasteiger partial charge is 0.462 e. The number of ether oxygens (including phenoxy) is 1. The molecule has 2 rings (SSSR count). The van der Waals surface area contributed by atoms with Gasteiger partial charge < -0.3 is 9.84 Å². The molecule has 2 aliphatic rings. The van der Waals surface area contributed by atoms with Gasteiger partial charge in [-0.1, -0.05) is 20.8 Å². The van der Waals surface area contributed by atoms with Gasteiger partial charge in [0.2, 0.25) is 0 Å². The summed E-state index contributed by atoms with van der Waals surface area (Å²) in [5.74, 6) is 1.22. The number of fused-ring (bicyclic) bond motifs is 2. The summed E-state index contributed by atoms with van der Waals surface area (Å²) in [4.78, 5) is 12.3. The zero-order chi connectivity index (χ0) is 15.8. The molecule has 2 fully saturated rings. The van der Waals surface area contributed by atoms with Crippen LogP contribution in [-0.2, 0) is 9.53 Å². The molecule has 3 heteroatoms. The van der Waals surface area contributed by atoms with E-state index in [0.717, 1.165) is 38.5 Å². The summed E-state index contributed by atoms with van der Waals surface area (Å²) in [5.41, 5.74) is -0.978. The average Bonchev–Trinajstić information content (AvgIpc) is 3.06. The summed E-state index contributed by atoms with van der Waals surface area (Å²) in [7, 11) is 0. The van der Waals surface area contributed by atoms with Crippen LogP contribution in [0.1, 0.15) is 73.1 Å². The summed E-state index contributed by atoms with van der Waals surface area (Å²) in [6.07, 6.45) is 5.62. The highest BCUT2D eigenvalue weighted by atomic mass is 16.5. The van der Waals surface area contributed by atoms with Gasteiger partial charge in [0.25, 0.3) is 0 Å². The molecule has 0 aromatic heterocycles. The molecule has 0 spiro atoms. The van der Waals surface area contributed by atoms with Gasteiger partial charge in [-0.25, -0.2) is 0 Å². The van der Waals surface area contributed by atoms with Crippen molar-refractivity contribution in [2.24, 2.45) is 23.2 Å². The van der Waals surface area contributed by atoms with Gasteiger partial charge in [0, 0.05) is 5.92 Å². The highest BCUT2D eigenvalue weighted by molar-refractivity contribution is 5.76. The molecule has 0 aromatic rings. The first kappa shape index (κ1) is 16.8. The van der Waals surface area contributed by atoms with Crippen LogP contribution in [-0.4, -0.2) is 22.8 Å². The van der Waals surface area contributed by atoms with Crippen molar-refractivity contribution in [3.05, 3.63) is 0 Å². The standard InChI is InChI=1S/C18H32O3/c1-6-17(4,5)16(19)21-15-11-12-9-13(15)14(10-12)18(20,7-2)8-3/h12-15,20H,6-11H2,1-5H3. The van der Waals surface area contributed by atoms with Gasteiger partial charge in [0.05, 0.1) is 11.0 Å². The Labute approximate surface area is 129 Å². The van der Waals surface area contributed by atoms with Crippen LogP contribution in [0.25, 0.3) is 0 Å². The van der Waals surface area contributed by atoms with Crippen molar-refractivity contribution in [3.8, 4) is 0 Å². The summed E-state index contributed by atoms with van der Waals surface area (Å²) in [6, 6.07) is 0. The van der Waals surface area contributed by atoms with Crippen molar-refractivity contribution >= 4 is 5.97 Å². The third kappa shape index (κ3) is 2.99. The topological polar surface area (TPSA) is 46.5 Å². The summed E-state index contributed by atoms with van der Waals surface area (Å²) in [6.45, 7) is 10.1. The zero-order valence-electron chi connectivity index (χ0n) is 14.3. The second-order valence-corrected chi connectivity index (χ2v) is 7.84. The van der Waals surface area contributed by atoms with Crippen LogP contribution >= 0.6 is 0 Å². The van der Waals surface area contributed by atoms with Crippen LogP contribution in [0.5, 0.6) is 0 Å². The fourth-order valence-corrected chi connectivity index (χ4v) is 4.26. The van der Waals surface area contributed by atoms with Crippen molar-refractivity contribution in [1.82, 2.24) is 0 Å². The molecule has 0 heterocycles. The van der Waals surface area contributed by atoms with E-state index >= 15 is 0 Å². The molecular formula is C18H32O3. The van der Waals surface area contributed by atoms with Gasteiger partial charge in [-0.3, -0.25) is 4.79 Å². The Morgan fingerprint density at radius 1 is 1.10 bits per heavy atom. The molecule has 2 bridgehead atoms. The quantitative estimate of drug-likeness (QED) is 0.755. The minimum Gasteiger partial charge on any atom is -0.462 e. The Hall–Kier alpha value is -0.570. The van der Waals surface area contributed by atoms with E-state index in [-0.39, 0.29) is 12.1 Å². The van der Waals surface area contributed by atoms with Crippen LogP contribution in [0.2, 0.25) is 0 Å². The maximum absolute atomic E-state index is 12.3. The van der Waals surface area contributed by atoms with Gasteiger partial charge in [0.1, 0.15) is 6.10 Å². The first-order valence-corrected chi connectivity index (χ1v) is 8.70. The van der Waals surface area contributed by atoms with E-state index < -0.39 is 11.0 Å². The molecule has 4 atom stereocenters. The Balaban J connectivity index is 2.06. The lowest BCUT2D eigenvalue weighted by molar-refractivity contribution is -0.167. The normalized spacial score (nSPS) is 32.5. The van der Waals surface area contributed by atoms with E-state index in [2.05, 4.69) is 13.8 Å². The lowest BCUT2D eigenvalue weighted by Gasteiger charge is -2.40. The van der Waals surface area contributed by atoms with Crippen molar-refractivity contribution in [2.75, 3.05) is 0 Å². The van der Waals surface area contributed by atoms with E-state index in [1.165, 1.54) is 0 Å². The molecule has 4 unspecified atom stereocenters. The predicted molar refractivity (Wildman–Crippen MR) is 83.8 cm³/mol. The maximum atomic E-state index is 12.3. The molecule has 0 radical (unpaired) electrons. The van der Waals surface area contributed by atoms with Gasteiger partial charge >= 0.3 is 5.97 Å². The second-order valence-electron chi connectivity index (χ2n) is 7.84. The molecular weight excluding hydrogens is 264 g/mol. The van der Waals surface area contributed by atoms with Gasteiger partial charge in [-0.2, -0.15) is 0 Å². The molecule has 1 N–H and O–H groups in total. The fraction of sp³-hybridized carbons (Fsp3) is 0.944. The van der Waals surface area contributed by atoms with Crippen LogP contribution in [0, 0.1) is 23.2 Å². The van der Waals surface area contributed by atoms with Crippen molar-refractivity contribution in [1.29, 1.82) is 0 Å². The van der Waals surface area contributed by atoms with Gasteiger partial charge in [-0.05, 0) is 64.2 Å². The number of hydrogen-bond acceptors (Lipinski definition) is 3. The Bertz CT molecular complexity index is 384. The Morgan fingerprint density at radius 2 is 1.71 bits per heavy atom. The zero-order valence-corrected chi connectivity index (χ0v) is 14.3. The minimum atomic E-state index is -0.579. The molecule has 21 heavy (non-hydrogen) atoms. The molecule has 2 saturated carbocycles. The van der Waals surface area contributed by atoms with Gasteiger partial charge in [0.15, 0.2) is 0 Å². The molecule has 0 aromatic carbocycles. The summed E-state index contributed by atoms with van der Waals surface area (Å²) < 4.78 is 5.87. The highest BCUT2D eigenvalue weighted by Crippen LogP contribution is 2.54. The number of rotatable bonds is 6. The smallest absolute Gasteiger partial charge is 0.311 e. The number of carbonyl (C=O) groups excluding carboxylic acids is 1. The number of aliphatic hydroxyl groups is 1. The van der Waals surface area contributed by atoms with E-state index in [4.69, 9.17) is 4.74 Å². The fourth-order valence-electron chi connectivity index (χ4n) is 4.26. The Kier molecular flexibility index (Phi) is 4.72. The molecule has 0 aliphatic heterocycles.